The van der Waals surface area contributed by atoms with Crippen LogP contribution < -0.4 is 5.32 Å². The Labute approximate surface area is 129 Å². The number of rotatable bonds is 9. The molecule has 1 aromatic carbocycles. The van der Waals surface area contributed by atoms with E-state index in [2.05, 4.69) is 31.1 Å². The van der Waals surface area contributed by atoms with Gasteiger partial charge in [0.05, 0.1) is 10.6 Å². The fourth-order valence-electron chi connectivity index (χ4n) is 2.13. The van der Waals surface area contributed by atoms with Gasteiger partial charge in [0.2, 0.25) is 0 Å². The summed E-state index contributed by atoms with van der Waals surface area (Å²) < 4.78 is 24.5. The minimum atomic E-state index is -3.21. The fourth-order valence-corrected chi connectivity index (χ4v) is 3.67. The van der Waals surface area contributed by atoms with Crippen LogP contribution in [-0.2, 0) is 9.84 Å². The highest BCUT2D eigenvalue weighted by molar-refractivity contribution is 7.91. The molecule has 0 bridgehead atoms. The number of likely N-dealkylation sites (N-methyl/N-ethyl adjacent to an activating group) is 1. The number of nitrogens with one attached hydrogen (secondary N) is 1. The van der Waals surface area contributed by atoms with E-state index in [1.807, 2.05) is 13.0 Å². The monoisotopic (exact) mass is 312 g/mol. The first-order valence-corrected chi connectivity index (χ1v) is 9.23. The van der Waals surface area contributed by atoms with E-state index in [1.165, 1.54) is 0 Å². The topological polar surface area (TPSA) is 49.4 Å². The van der Waals surface area contributed by atoms with Crippen LogP contribution in [-0.4, -0.2) is 51.3 Å². The summed E-state index contributed by atoms with van der Waals surface area (Å²) in [6.45, 7) is 8.01. The Bertz CT molecular complexity index is 502. The van der Waals surface area contributed by atoms with E-state index in [9.17, 15) is 8.42 Å². The molecule has 2 unspecified atom stereocenters. The number of hydrogen-bond acceptors (Lipinski definition) is 4. The normalized spacial score (nSPS) is 15.1. The lowest BCUT2D eigenvalue weighted by Gasteiger charge is -2.24. The van der Waals surface area contributed by atoms with Gasteiger partial charge in [-0.1, -0.05) is 25.1 Å². The first-order chi connectivity index (χ1) is 9.86. The van der Waals surface area contributed by atoms with Crippen molar-refractivity contribution in [2.24, 2.45) is 0 Å². The molecule has 1 rings (SSSR count). The highest BCUT2D eigenvalue weighted by Crippen LogP contribution is 2.11. The minimum absolute atomic E-state index is 0.0551. The van der Waals surface area contributed by atoms with Crippen LogP contribution in [0.25, 0.3) is 0 Å². The third kappa shape index (κ3) is 6.16. The van der Waals surface area contributed by atoms with Crippen LogP contribution >= 0.6 is 0 Å². The zero-order valence-electron chi connectivity index (χ0n) is 13.5. The summed E-state index contributed by atoms with van der Waals surface area (Å²) in [5.74, 6) is 0.129. The second kappa shape index (κ2) is 8.51. The summed E-state index contributed by atoms with van der Waals surface area (Å²) >= 11 is 0. The summed E-state index contributed by atoms with van der Waals surface area (Å²) in [5, 5.41) is 3.30. The lowest BCUT2D eigenvalue weighted by molar-refractivity contribution is 0.250. The molecule has 0 saturated carbocycles. The molecule has 5 heteroatoms. The molecule has 0 heterocycles. The fraction of sp³-hybridized carbons (Fsp3) is 0.625. The molecule has 1 N–H and O–H groups in total. The molecule has 0 saturated heterocycles. The standard InChI is InChI=1S/C16H28N2O2S/c1-5-15(3)18(4)12-11-17-14(2)13-21(19,20)16-9-7-6-8-10-16/h6-10,14-15,17H,5,11-13H2,1-4H3. The summed E-state index contributed by atoms with van der Waals surface area (Å²) in [6.07, 6.45) is 1.12. The molecule has 21 heavy (non-hydrogen) atoms. The Morgan fingerprint density at radius 1 is 1.19 bits per heavy atom. The molecule has 0 spiro atoms. The van der Waals surface area contributed by atoms with E-state index in [4.69, 9.17) is 0 Å². The molecule has 0 fully saturated rings. The first kappa shape index (κ1) is 18.1. The lowest BCUT2D eigenvalue weighted by atomic mass is 10.2. The van der Waals surface area contributed by atoms with Gasteiger partial charge in [-0.15, -0.1) is 0 Å². The number of nitrogens with zero attached hydrogens (tertiary/aromatic N) is 1. The van der Waals surface area contributed by atoms with Gasteiger partial charge >= 0.3 is 0 Å². The van der Waals surface area contributed by atoms with Crippen LogP contribution in [0, 0.1) is 0 Å². The van der Waals surface area contributed by atoms with Gasteiger partial charge in [-0.3, -0.25) is 0 Å². The Morgan fingerprint density at radius 2 is 1.81 bits per heavy atom. The van der Waals surface area contributed by atoms with Crippen LogP contribution in [0.1, 0.15) is 27.2 Å². The average Bonchev–Trinajstić information content (AvgIpc) is 2.46. The lowest BCUT2D eigenvalue weighted by Crippen LogP contribution is -2.40. The Morgan fingerprint density at radius 3 is 2.38 bits per heavy atom. The van der Waals surface area contributed by atoms with Crippen LogP contribution in [0.15, 0.2) is 35.2 Å². The molecule has 0 aliphatic carbocycles. The summed E-state index contributed by atoms with van der Waals surface area (Å²) in [5.41, 5.74) is 0. The average molecular weight is 312 g/mol. The maximum Gasteiger partial charge on any atom is 0.179 e. The Kier molecular flexibility index (Phi) is 7.35. The molecule has 0 aromatic heterocycles. The van der Waals surface area contributed by atoms with Crippen molar-refractivity contribution in [2.75, 3.05) is 25.9 Å². The van der Waals surface area contributed by atoms with Crippen molar-refractivity contribution >= 4 is 9.84 Å². The Hall–Kier alpha value is -0.910. The molecule has 4 nitrogen and oxygen atoms in total. The van der Waals surface area contributed by atoms with E-state index in [0.29, 0.717) is 10.9 Å². The van der Waals surface area contributed by atoms with Crippen LogP contribution in [0.3, 0.4) is 0 Å². The first-order valence-electron chi connectivity index (χ1n) is 7.58. The van der Waals surface area contributed by atoms with Crippen molar-refractivity contribution in [3.05, 3.63) is 30.3 Å². The third-order valence-electron chi connectivity index (χ3n) is 3.87. The molecule has 0 aliphatic heterocycles. The summed E-state index contributed by atoms with van der Waals surface area (Å²) in [7, 11) is -1.11. The summed E-state index contributed by atoms with van der Waals surface area (Å²) in [6, 6.07) is 9.14. The van der Waals surface area contributed by atoms with Gasteiger partial charge in [0.15, 0.2) is 9.84 Å². The van der Waals surface area contributed by atoms with Crippen molar-refractivity contribution in [1.82, 2.24) is 10.2 Å². The molecule has 0 aliphatic rings. The van der Waals surface area contributed by atoms with Crippen LogP contribution in [0.2, 0.25) is 0 Å². The quantitative estimate of drug-likeness (QED) is 0.759. The second-order valence-corrected chi connectivity index (χ2v) is 7.72. The van der Waals surface area contributed by atoms with Gasteiger partial charge in [0.25, 0.3) is 0 Å². The molecule has 1 aromatic rings. The second-order valence-electron chi connectivity index (χ2n) is 5.69. The number of hydrogen-bond donors (Lipinski definition) is 1. The molecular formula is C16H28N2O2S. The van der Waals surface area contributed by atoms with Crippen LogP contribution in [0.5, 0.6) is 0 Å². The SMILES string of the molecule is CCC(C)N(C)CCNC(C)CS(=O)(=O)c1ccccc1. The van der Waals surface area contributed by atoms with Crippen molar-refractivity contribution in [2.45, 2.75) is 44.2 Å². The van der Waals surface area contributed by atoms with E-state index in [1.54, 1.807) is 24.3 Å². The molecule has 2 atom stereocenters. The van der Waals surface area contributed by atoms with E-state index in [0.717, 1.165) is 19.5 Å². The van der Waals surface area contributed by atoms with Gasteiger partial charge in [0.1, 0.15) is 0 Å². The van der Waals surface area contributed by atoms with Crippen molar-refractivity contribution in [1.29, 1.82) is 0 Å². The highest BCUT2D eigenvalue weighted by Gasteiger charge is 2.18. The summed E-state index contributed by atoms with van der Waals surface area (Å²) in [4.78, 5) is 2.68. The van der Waals surface area contributed by atoms with Crippen molar-refractivity contribution in [3.63, 3.8) is 0 Å². The minimum Gasteiger partial charge on any atom is -0.312 e. The molecule has 0 amide bonds. The molecular weight excluding hydrogens is 284 g/mol. The number of sulfone groups is 1. The van der Waals surface area contributed by atoms with Gasteiger partial charge < -0.3 is 10.2 Å². The predicted molar refractivity (Wildman–Crippen MR) is 88.3 cm³/mol. The molecule has 120 valence electrons. The van der Waals surface area contributed by atoms with Gasteiger partial charge in [-0.05, 0) is 39.4 Å². The van der Waals surface area contributed by atoms with E-state index >= 15 is 0 Å². The van der Waals surface area contributed by atoms with Gasteiger partial charge in [0, 0.05) is 25.2 Å². The van der Waals surface area contributed by atoms with E-state index < -0.39 is 9.84 Å². The zero-order valence-corrected chi connectivity index (χ0v) is 14.4. The van der Waals surface area contributed by atoms with Gasteiger partial charge in [-0.25, -0.2) is 8.42 Å². The van der Waals surface area contributed by atoms with Crippen molar-refractivity contribution in [3.8, 4) is 0 Å². The number of benzene rings is 1. The van der Waals surface area contributed by atoms with E-state index in [-0.39, 0.29) is 11.8 Å². The largest absolute Gasteiger partial charge is 0.312 e. The maximum atomic E-state index is 12.2. The maximum absolute atomic E-state index is 12.2. The smallest absolute Gasteiger partial charge is 0.179 e. The van der Waals surface area contributed by atoms with Crippen LogP contribution in [0.4, 0.5) is 0 Å². The van der Waals surface area contributed by atoms with Crippen molar-refractivity contribution < 1.29 is 8.42 Å². The predicted octanol–water partition coefficient (Wildman–Crippen LogP) is 2.17. The van der Waals surface area contributed by atoms with Gasteiger partial charge in [-0.2, -0.15) is 0 Å². The zero-order chi connectivity index (χ0) is 15.9. The Balaban J connectivity index is 2.42. The molecule has 0 radical (unpaired) electrons. The third-order valence-corrected chi connectivity index (χ3v) is 5.80. The highest BCUT2D eigenvalue weighted by atomic mass is 32.2.